The Morgan fingerprint density at radius 2 is 1.59 bits per heavy atom. The van der Waals surface area contributed by atoms with Gasteiger partial charge in [0.2, 0.25) is 5.96 Å². The van der Waals surface area contributed by atoms with E-state index in [2.05, 4.69) is 52.5 Å². The number of amides is 1. The second-order valence-corrected chi connectivity index (χ2v) is 10.4. The standard InChI is InChI=1S/C31H32N4O3S/c1-31(28-15-10-20-39-28)26-13-8-9-14-27(26)33(2)34(3)29(32-30(36)38-22-24-11-6-5-7-12-24)35(31)21-23-16-18-25(37-4)19-17-23/h5-20H,21-22H2,1-4H3. The van der Waals surface area contributed by atoms with Crippen LogP contribution in [0.3, 0.4) is 0 Å². The quantitative estimate of drug-likeness (QED) is 0.278. The molecule has 8 heteroatoms. The number of ether oxygens (including phenoxy) is 2. The second-order valence-electron chi connectivity index (χ2n) is 9.50. The molecule has 1 unspecified atom stereocenters. The third-order valence-corrected chi connectivity index (χ3v) is 8.28. The fourth-order valence-corrected chi connectivity index (χ4v) is 5.82. The number of para-hydroxylation sites is 1. The Morgan fingerprint density at radius 3 is 2.28 bits per heavy atom. The summed E-state index contributed by atoms with van der Waals surface area (Å²) < 4.78 is 11.0. The van der Waals surface area contributed by atoms with E-state index in [1.807, 2.05) is 84.8 Å². The van der Waals surface area contributed by atoms with Gasteiger partial charge in [-0.05, 0) is 47.7 Å². The summed E-state index contributed by atoms with van der Waals surface area (Å²) >= 11 is 1.68. The van der Waals surface area contributed by atoms with E-state index in [0.717, 1.165) is 33.0 Å². The van der Waals surface area contributed by atoms with Crippen LogP contribution < -0.4 is 9.75 Å². The van der Waals surface area contributed by atoms with E-state index in [-0.39, 0.29) is 6.61 Å². The number of carbonyl (C=O) groups is 1. The number of guanidine groups is 1. The molecule has 5 rings (SSSR count). The highest BCUT2D eigenvalue weighted by atomic mass is 32.1. The van der Waals surface area contributed by atoms with Crippen LogP contribution in [0.5, 0.6) is 5.75 Å². The third-order valence-electron chi connectivity index (χ3n) is 7.19. The normalized spacial score (nSPS) is 18.1. The minimum Gasteiger partial charge on any atom is -0.497 e. The number of hydrazine groups is 1. The summed E-state index contributed by atoms with van der Waals surface area (Å²) in [4.78, 5) is 21.1. The molecule has 1 aliphatic rings. The Bertz CT molecular complexity index is 1440. The van der Waals surface area contributed by atoms with Gasteiger partial charge in [-0.15, -0.1) is 16.3 Å². The van der Waals surface area contributed by atoms with Crippen LogP contribution in [0.25, 0.3) is 0 Å². The van der Waals surface area contributed by atoms with Gasteiger partial charge in [-0.2, -0.15) is 0 Å². The molecule has 0 saturated carbocycles. The topological polar surface area (TPSA) is 57.6 Å². The van der Waals surface area contributed by atoms with Crippen molar-refractivity contribution in [3.8, 4) is 5.75 Å². The Balaban J connectivity index is 1.63. The summed E-state index contributed by atoms with van der Waals surface area (Å²) in [6.07, 6.45) is -0.645. The van der Waals surface area contributed by atoms with Crippen LogP contribution >= 0.6 is 11.3 Å². The van der Waals surface area contributed by atoms with Crippen molar-refractivity contribution in [2.75, 3.05) is 26.2 Å². The number of rotatable bonds is 6. The predicted molar refractivity (Wildman–Crippen MR) is 156 cm³/mol. The number of fused-ring (bicyclic) bond motifs is 1. The monoisotopic (exact) mass is 540 g/mol. The first kappa shape index (κ1) is 26.3. The lowest BCUT2D eigenvalue weighted by molar-refractivity contribution is 0.148. The zero-order valence-corrected chi connectivity index (χ0v) is 23.4. The largest absolute Gasteiger partial charge is 0.497 e. The smallest absolute Gasteiger partial charge is 0.437 e. The lowest BCUT2D eigenvalue weighted by Crippen LogP contribution is -2.53. The third kappa shape index (κ3) is 5.20. The van der Waals surface area contributed by atoms with Gasteiger partial charge in [-0.25, -0.2) is 4.79 Å². The van der Waals surface area contributed by atoms with E-state index >= 15 is 0 Å². The van der Waals surface area contributed by atoms with Gasteiger partial charge in [-0.1, -0.05) is 66.7 Å². The first-order valence-electron chi connectivity index (χ1n) is 12.7. The zero-order chi connectivity index (χ0) is 27.4. The first-order valence-corrected chi connectivity index (χ1v) is 13.6. The molecule has 0 radical (unpaired) electrons. The highest BCUT2D eigenvalue weighted by Gasteiger charge is 2.45. The molecular weight excluding hydrogens is 508 g/mol. The van der Waals surface area contributed by atoms with Gasteiger partial charge in [0.15, 0.2) is 0 Å². The minimum atomic E-state index is -0.645. The van der Waals surface area contributed by atoms with Gasteiger partial charge in [0, 0.05) is 31.1 Å². The summed E-state index contributed by atoms with van der Waals surface area (Å²) in [6.45, 7) is 2.84. The van der Waals surface area contributed by atoms with E-state index in [9.17, 15) is 4.79 Å². The van der Waals surface area contributed by atoms with Crippen LogP contribution in [0, 0.1) is 0 Å². The van der Waals surface area contributed by atoms with Crippen molar-refractivity contribution in [2.24, 2.45) is 4.99 Å². The minimum absolute atomic E-state index is 0.150. The predicted octanol–water partition coefficient (Wildman–Crippen LogP) is 6.51. The lowest BCUT2D eigenvalue weighted by atomic mass is 9.86. The molecular formula is C31H32N4O3S. The van der Waals surface area contributed by atoms with Gasteiger partial charge in [0.1, 0.15) is 17.9 Å². The molecule has 39 heavy (non-hydrogen) atoms. The molecule has 200 valence electrons. The van der Waals surface area contributed by atoms with Gasteiger partial charge in [-0.3, -0.25) is 10.0 Å². The van der Waals surface area contributed by atoms with Gasteiger partial charge >= 0.3 is 6.09 Å². The van der Waals surface area contributed by atoms with Crippen LogP contribution in [0.2, 0.25) is 0 Å². The van der Waals surface area contributed by atoms with Crippen molar-refractivity contribution >= 4 is 29.1 Å². The fourth-order valence-electron chi connectivity index (χ4n) is 4.91. The maximum Gasteiger partial charge on any atom is 0.437 e. The highest BCUT2D eigenvalue weighted by molar-refractivity contribution is 7.10. The number of anilines is 1. The van der Waals surface area contributed by atoms with E-state index < -0.39 is 11.6 Å². The number of thiophene rings is 1. The maximum atomic E-state index is 13.2. The molecule has 1 aromatic heterocycles. The number of hydrogen-bond donors (Lipinski definition) is 0. The van der Waals surface area contributed by atoms with Crippen molar-refractivity contribution < 1.29 is 14.3 Å². The summed E-state index contributed by atoms with van der Waals surface area (Å²) in [5, 5.41) is 6.02. The van der Waals surface area contributed by atoms with Crippen LogP contribution in [-0.2, 0) is 23.4 Å². The molecule has 0 fully saturated rings. The van der Waals surface area contributed by atoms with Gasteiger partial charge in [0.05, 0.1) is 12.8 Å². The SMILES string of the molecule is COc1ccc(CN2C(=NC(=O)OCc3ccccc3)N(C)N(C)c3ccccc3C2(C)c2cccs2)cc1. The summed E-state index contributed by atoms with van der Waals surface area (Å²) in [6, 6.07) is 30.1. The Labute approximate surface area is 233 Å². The molecule has 1 aliphatic heterocycles. The Hall–Kier alpha value is -4.30. The molecule has 0 bridgehead atoms. The van der Waals surface area contributed by atoms with Crippen LogP contribution in [0.1, 0.15) is 28.5 Å². The summed E-state index contributed by atoms with van der Waals surface area (Å²) in [7, 11) is 5.56. The molecule has 0 N–H and O–H groups in total. The van der Waals surface area contributed by atoms with Crippen LogP contribution in [0.4, 0.5) is 10.5 Å². The van der Waals surface area contributed by atoms with E-state index in [4.69, 9.17) is 9.47 Å². The van der Waals surface area contributed by atoms with Crippen LogP contribution in [-0.4, -0.2) is 43.2 Å². The summed E-state index contributed by atoms with van der Waals surface area (Å²) in [5.41, 5.74) is 3.46. The zero-order valence-electron chi connectivity index (χ0n) is 22.6. The molecule has 2 heterocycles. The maximum absolute atomic E-state index is 13.2. The molecule has 0 aliphatic carbocycles. The molecule has 0 spiro atoms. The van der Waals surface area contributed by atoms with Gasteiger partial charge in [0.25, 0.3) is 0 Å². The molecule has 7 nitrogen and oxygen atoms in total. The lowest BCUT2D eigenvalue weighted by Gasteiger charge is -2.42. The number of nitrogens with zero attached hydrogens (tertiary/aromatic N) is 4. The Morgan fingerprint density at radius 1 is 0.872 bits per heavy atom. The summed E-state index contributed by atoms with van der Waals surface area (Å²) in [5.74, 6) is 1.27. The molecule has 1 amide bonds. The highest BCUT2D eigenvalue weighted by Crippen LogP contribution is 2.45. The molecule has 1 atom stereocenters. The number of carbonyl (C=O) groups excluding carboxylic acids is 1. The fraction of sp³-hybridized carbons (Fsp3) is 0.226. The van der Waals surface area contributed by atoms with Crippen molar-refractivity contribution in [1.82, 2.24) is 9.91 Å². The van der Waals surface area contributed by atoms with E-state index in [1.54, 1.807) is 18.4 Å². The van der Waals surface area contributed by atoms with Crippen LogP contribution in [0.15, 0.2) is 101 Å². The molecule has 0 saturated heterocycles. The number of aliphatic imine (C=N–C) groups is 1. The first-order chi connectivity index (χ1) is 18.9. The average molecular weight is 541 g/mol. The number of methoxy groups -OCH3 is 1. The van der Waals surface area contributed by atoms with E-state index in [0.29, 0.717) is 12.5 Å². The Kier molecular flexibility index (Phi) is 7.56. The van der Waals surface area contributed by atoms with Crippen molar-refractivity contribution in [1.29, 1.82) is 0 Å². The van der Waals surface area contributed by atoms with E-state index in [1.165, 1.54) is 0 Å². The average Bonchev–Trinajstić information content (AvgIpc) is 3.52. The van der Waals surface area contributed by atoms with Gasteiger partial charge < -0.3 is 14.4 Å². The van der Waals surface area contributed by atoms with Crippen molar-refractivity contribution in [3.63, 3.8) is 0 Å². The second kappa shape index (κ2) is 11.2. The number of benzene rings is 3. The molecule has 3 aromatic carbocycles. The van der Waals surface area contributed by atoms with Crippen molar-refractivity contribution in [2.45, 2.75) is 25.6 Å². The number of hydrogen-bond acceptors (Lipinski definition) is 5. The van der Waals surface area contributed by atoms with Crippen molar-refractivity contribution in [3.05, 3.63) is 118 Å². The molecule has 4 aromatic rings.